The molecule has 3 heteroatoms. The highest BCUT2D eigenvalue weighted by atomic mass is 35.5. The summed E-state index contributed by atoms with van der Waals surface area (Å²) in [5, 5.41) is 5.21. The van der Waals surface area contributed by atoms with Gasteiger partial charge in [0.15, 0.2) is 0 Å². The molecule has 0 atom stereocenters. The van der Waals surface area contributed by atoms with Crippen molar-refractivity contribution in [3.63, 3.8) is 0 Å². The second kappa shape index (κ2) is 3.95. The maximum Gasteiger partial charge on any atom is 0.0848 e. The maximum atomic E-state index is 6.15. The first-order valence-corrected chi connectivity index (χ1v) is 5.68. The predicted molar refractivity (Wildman–Crippen MR) is 67.5 cm³/mol. The summed E-state index contributed by atoms with van der Waals surface area (Å²) in [6.45, 7) is 8.09. The smallest absolute Gasteiger partial charge is 0.0848 e. The van der Waals surface area contributed by atoms with E-state index in [0.29, 0.717) is 0 Å². The van der Waals surface area contributed by atoms with Crippen LogP contribution in [0.1, 0.15) is 22.5 Å². The first-order chi connectivity index (χ1) is 7.50. The van der Waals surface area contributed by atoms with E-state index in [2.05, 4.69) is 37.1 Å². The van der Waals surface area contributed by atoms with Gasteiger partial charge in [-0.2, -0.15) is 5.10 Å². The Bertz CT molecular complexity index is 541. The Morgan fingerprint density at radius 3 is 2.31 bits per heavy atom. The molecule has 1 aromatic carbocycles. The molecule has 1 aromatic heterocycles. The minimum atomic E-state index is 0.750. The molecule has 0 fully saturated rings. The molecule has 2 aromatic rings. The molecule has 0 amide bonds. The Balaban J connectivity index is 2.63. The second-order valence-corrected chi connectivity index (χ2v) is 4.56. The molecule has 84 valence electrons. The van der Waals surface area contributed by atoms with Crippen molar-refractivity contribution in [2.45, 2.75) is 27.7 Å². The number of hydrogen-bond acceptors (Lipinski definition) is 1. The van der Waals surface area contributed by atoms with Gasteiger partial charge in [-0.05, 0) is 39.3 Å². The lowest BCUT2D eigenvalue weighted by Gasteiger charge is -2.08. The lowest BCUT2D eigenvalue weighted by Crippen LogP contribution is -2.01. The third kappa shape index (κ3) is 1.74. The van der Waals surface area contributed by atoms with Gasteiger partial charge in [0.2, 0.25) is 0 Å². The van der Waals surface area contributed by atoms with Crippen molar-refractivity contribution < 1.29 is 0 Å². The fourth-order valence-electron chi connectivity index (χ4n) is 1.90. The summed E-state index contributed by atoms with van der Waals surface area (Å²) in [4.78, 5) is 0. The Morgan fingerprint density at radius 1 is 1.12 bits per heavy atom. The van der Waals surface area contributed by atoms with Crippen molar-refractivity contribution >= 4 is 11.6 Å². The molecule has 0 radical (unpaired) electrons. The van der Waals surface area contributed by atoms with Gasteiger partial charge in [-0.15, -0.1) is 0 Å². The zero-order valence-corrected chi connectivity index (χ0v) is 10.8. The molecular weight excluding hydrogens is 220 g/mol. The number of benzene rings is 1. The van der Waals surface area contributed by atoms with Gasteiger partial charge in [0.05, 0.1) is 22.1 Å². The molecule has 16 heavy (non-hydrogen) atoms. The Kier molecular flexibility index (Phi) is 2.76. The molecule has 0 saturated heterocycles. The van der Waals surface area contributed by atoms with Gasteiger partial charge < -0.3 is 0 Å². The van der Waals surface area contributed by atoms with Crippen molar-refractivity contribution in [3.8, 4) is 5.69 Å². The summed E-state index contributed by atoms with van der Waals surface area (Å²) in [6.07, 6.45) is 0. The predicted octanol–water partition coefficient (Wildman–Crippen LogP) is 3.76. The van der Waals surface area contributed by atoms with E-state index in [0.717, 1.165) is 22.1 Å². The van der Waals surface area contributed by atoms with Crippen LogP contribution in [0, 0.1) is 27.7 Å². The molecule has 2 nitrogen and oxygen atoms in total. The molecule has 0 unspecified atom stereocenters. The van der Waals surface area contributed by atoms with Crippen LogP contribution in [0.25, 0.3) is 5.69 Å². The molecule has 0 N–H and O–H groups in total. The quantitative estimate of drug-likeness (QED) is 0.735. The van der Waals surface area contributed by atoms with E-state index < -0.39 is 0 Å². The zero-order valence-electron chi connectivity index (χ0n) is 10.0. The lowest BCUT2D eigenvalue weighted by molar-refractivity contribution is 0.827. The topological polar surface area (TPSA) is 17.8 Å². The van der Waals surface area contributed by atoms with Crippen LogP contribution in [-0.4, -0.2) is 9.78 Å². The van der Waals surface area contributed by atoms with E-state index in [1.165, 1.54) is 11.1 Å². The van der Waals surface area contributed by atoms with Gasteiger partial charge in [0.1, 0.15) is 0 Å². The highest BCUT2D eigenvalue weighted by molar-refractivity contribution is 6.31. The number of rotatable bonds is 1. The molecular formula is C13H15ClN2. The fourth-order valence-corrected chi connectivity index (χ4v) is 2.02. The molecule has 0 aliphatic rings. The summed E-state index contributed by atoms with van der Waals surface area (Å²) in [5.74, 6) is 0. The second-order valence-electron chi connectivity index (χ2n) is 4.19. The highest BCUT2D eigenvalue weighted by Gasteiger charge is 2.11. The fraction of sp³-hybridized carbons (Fsp3) is 0.308. The van der Waals surface area contributed by atoms with Crippen molar-refractivity contribution in [3.05, 3.63) is 45.7 Å². The monoisotopic (exact) mass is 234 g/mol. The lowest BCUT2D eigenvalue weighted by atomic mass is 10.1. The van der Waals surface area contributed by atoms with Crippen LogP contribution in [0.3, 0.4) is 0 Å². The Hall–Kier alpha value is -1.28. The van der Waals surface area contributed by atoms with Crippen LogP contribution in [0.5, 0.6) is 0 Å². The van der Waals surface area contributed by atoms with Crippen LogP contribution in [0.2, 0.25) is 5.02 Å². The number of nitrogens with zero attached hydrogens (tertiary/aromatic N) is 2. The normalized spacial score (nSPS) is 10.8. The van der Waals surface area contributed by atoms with Crippen molar-refractivity contribution in [2.75, 3.05) is 0 Å². The largest absolute Gasteiger partial charge is 0.236 e. The average Bonchev–Trinajstić information content (AvgIpc) is 2.46. The minimum absolute atomic E-state index is 0.750. The van der Waals surface area contributed by atoms with Gasteiger partial charge in [0, 0.05) is 0 Å². The summed E-state index contributed by atoms with van der Waals surface area (Å²) in [6, 6.07) is 6.33. The zero-order chi connectivity index (χ0) is 11.9. The number of aromatic nitrogens is 2. The Morgan fingerprint density at radius 2 is 1.81 bits per heavy atom. The molecule has 0 aliphatic carbocycles. The van der Waals surface area contributed by atoms with Crippen molar-refractivity contribution in [1.29, 1.82) is 0 Å². The summed E-state index contributed by atoms with van der Waals surface area (Å²) in [5.41, 5.74) is 5.43. The molecule has 0 spiro atoms. The van der Waals surface area contributed by atoms with E-state index in [1.54, 1.807) is 0 Å². The van der Waals surface area contributed by atoms with E-state index in [1.807, 2.05) is 18.5 Å². The molecule has 0 saturated carbocycles. The third-order valence-corrected chi connectivity index (χ3v) is 3.33. The van der Waals surface area contributed by atoms with Crippen LogP contribution in [-0.2, 0) is 0 Å². The van der Waals surface area contributed by atoms with E-state index in [-0.39, 0.29) is 0 Å². The van der Waals surface area contributed by atoms with Crippen LogP contribution in [0.15, 0.2) is 18.2 Å². The summed E-state index contributed by atoms with van der Waals surface area (Å²) in [7, 11) is 0. The van der Waals surface area contributed by atoms with Gasteiger partial charge in [-0.1, -0.05) is 29.3 Å². The highest BCUT2D eigenvalue weighted by Crippen LogP contribution is 2.24. The van der Waals surface area contributed by atoms with E-state index >= 15 is 0 Å². The van der Waals surface area contributed by atoms with Gasteiger partial charge in [-0.25, -0.2) is 4.68 Å². The first kappa shape index (κ1) is 11.2. The van der Waals surface area contributed by atoms with E-state index in [9.17, 15) is 0 Å². The SMILES string of the molecule is Cc1ccc(-n2nc(C)c(Cl)c2C)c(C)c1. The Labute approximate surface area is 101 Å². The van der Waals surface area contributed by atoms with Crippen LogP contribution < -0.4 is 0 Å². The van der Waals surface area contributed by atoms with Crippen molar-refractivity contribution in [1.82, 2.24) is 9.78 Å². The van der Waals surface area contributed by atoms with Crippen LogP contribution in [0.4, 0.5) is 0 Å². The van der Waals surface area contributed by atoms with Gasteiger partial charge in [-0.3, -0.25) is 0 Å². The van der Waals surface area contributed by atoms with Gasteiger partial charge >= 0.3 is 0 Å². The van der Waals surface area contributed by atoms with E-state index in [4.69, 9.17) is 11.6 Å². The number of aryl methyl sites for hydroxylation is 3. The molecule has 1 heterocycles. The molecule has 0 aliphatic heterocycles. The molecule has 0 bridgehead atoms. The van der Waals surface area contributed by atoms with Crippen molar-refractivity contribution in [2.24, 2.45) is 0 Å². The molecule has 2 rings (SSSR count). The maximum absolute atomic E-state index is 6.15. The van der Waals surface area contributed by atoms with Gasteiger partial charge in [0.25, 0.3) is 0 Å². The van der Waals surface area contributed by atoms with Crippen LogP contribution >= 0.6 is 11.6 Å². The summed E-state index contributed by atoms with van der Waals surface area (Å²) < 4.78 is 1.91. The standard InChI is InChI=1S/C13H15ClN2/c1-8-5-6-12(9(2)7-8)16-11(4)13(14)10(3)15-16/h5-7H,1-4H3. The number of hydrogen-bond donors (Lipinski definition) is 0. The minimum Gasteiger partial charge on any atom is -0.236 e. The number of halogens is 1. The first-order valence-electron chi connectivity index (χ1n) is 5.30. The average molecular weight is 235 g/mol. The third-order valence-electron chi connectivity index (χ3n) is 2.78. The summed E-state index contributed by atoms with van der Waals surface area (Å²) >= 11 is 6.15.